The Bertz CT molecular complexity index is 150. The van der Waals surface area contributed by atoms with Gasteiger partial charge in [-0.2, -0.15) is 13.2 Å². The van der Waals surface area contributed by atoms with Crippen LogP contribution in [0.15, 0.2) is 12.2 Å². The van der Waals surface area contributed by atoms with Crippen LogP contribution >= 0.6 is 0 Å². The minimum Gasteiger partial charge on any atom is -0.365 e. The largest absolute Gasteiger partial charge is 0.420 e. The Labute approximate surface area is 63.8 Å². The second-order valence-electron chi connectivity index (χ2n) is 2.31. The summed E-state index contributed by atoms with van der Waals surface area (Å²) < 4.78 is 40.7. The van der Waals surface area contributed by atoms with Gasteiger partial charge in [0.2, 0.25) is 0 Å². The molecule has 1 nitrogen and oxygen atoms in total. The third-order valence-electron chi connectivity index (χ3n) is 1.47. The Hall–Kier alpha value is -0.510. The average molecular weight is 168 g/mol. The standard InChI is InChI=1S/C7H11F3O/c1-4-5-6(2,11-3)7(8,9)10/h4-5H,1-3H3/b5-4-. The third kappa shape index (κ3) is 2.22. The average Bonchev–Trinajstić information content (AvgIpc) is 1.86. The third-order valence-corrected chi connectivity index (χ3v) is 1.47. The first kappa shape index (κ1) is 10.5. The van der Waals surface area contributed by atoms with E-state index in [2.05, 4.69) is 4.74 Å². The molecule has 66 valence electrons. The molecule has 0 N–H and O–H groups in total. The molecule has 0 rings (SSSR count). The molecule has 0 bridgehead atoms. The molecule has 0 saturated carbocycles. The van der Waals surface area contributed by atoms with Gasteiger partial charge in [-0.15, -0.1) is 0 Å². The summed E-state index contributed by atoms with van der Waals surface area (Å²) in [4.78, 5) is 0. The van der Waals surface area contributed by atoms with Crippen molar-refractivity contribution in [3.63, 3.8) is 0 Å². The van der Waals surface area contributed by atoms with E-state index in [4.69, 9.17) is 0 Å². The van der Waals surface area contributed by atoms with E-state index in [1.807, 2.05) is 0 Å². The maximum absolute atomic E-state index is 12.1. The monoisotopic (exact) mass is 168 g/mol. The van der Waals surface area contributed by atoms with Crippen LogP contribution in [0.2, 0.25) is 0 Å². The minimum absolute atomic E-state index is 0.979. The van der Waals surface area contributed by atoms with Gasteiger partial charge in [-0.25, -0.2) is 0 Å². The summed E-state index contributed by atoms with van der Waals surface area (Å²) in [5.74, 6) is 0. The van der Waals surface area contributed by atoms with Gasteiger partial charge in [0.25, 0.3) is 0 Å². The Morgan fingerprint density at radius 2 is 1.73 bits per heavy atom. The van der Waals surface area contributed by atoms with Crippen molar-refractivity contribution in [3.8, 4) is 0 Å². The van der Waals surface area contributed by atoms with Crippen LogP contribution in [0.1, 0.15) is 13.8 Å². The molecule has 11 heavy (non-hydrogen) atoms. The predicted octanol–water partition coefficient (Wildman–Crippen LogP) is 2.53. The first-order valence-corrected chi connectivity index (χ1v) is 3.13. The molecular formula is C7H11F3O. The van der Waals surface area contributed by atoms with Crippen LogP contribution in [0.3, 0.4) is 0 Å². The molecule has 0 aliphatic carbocycles. The van der Waals surface area contributed by atoms with E-state index in [1.54, 1.807) is 0 Å². The van der Waals surface area contributed by atoms with Gasteiger partial charge in [0.05, 0.1) is 0 Å². The first-order chi connectivity index (χ1) is 4.87. The number of hydrogen-bond donors (Lipinski definition) is 0. The molecule has 1 unspecified atom stereocenters. The van der Waals surface area contributed by atoms with E-state index in [1.165, 1.54) is 13.0 Å². The number of allylic oxidation sites excluding steroid dienone is 1. The van der Waals surface area contributed by atoms with E-state index in [0.29, 0.717) is 0 Å². The number of ether oxygens (including phenoxy) is 1. The summed E-state index contributed by atoms with van der Waals surface area (Å²) >= 11 is 0. The van der Waals surface area contributed by atoms with Gasteiger partial charge in [0.15, 0.2) is 5.60 Å². The van der Waals surface area contributed by atoms with Gasteiger partial charge < -0.3 is 4.74 Å². The van der Waals surface area contributed by atoms with Crippen molar-refractivity contribution in [2.75, 3.05) is 7.11 Å². The van der Waals surface area contributed by atoms with Crippen molar-refractivity contribution in [3.05, 3.63) is 12.2 Å². The lowest BCUT2D eigenvalue weighted by atomic mass is 10.1. The first-order valence-electron chi connectivity index (χ1n) is 3.13. The Kier molecular flexibility index (Phi) is 3.11. The van der Waals surface area contributed by atoms with Gasteiger partial charge in [-0.3, -0.25) is 0 Å². The topological polar surface area (TPSA) is 9.23 Å². The van der Waals surface area contributed by atoms with Crippen LogP contribution in [0.25, 0.3) is 0 Å². The number of alkyl halides is 3. The fourth-order valence-corrected chi connectivity index (χ4v) is 0.596. The summed E-state index contributed by atoms with van der Waals surface area (Å²) in [5, 5.41) is 0. The lowest BCUT2D eigenvalue weighted by Gasteiger charge is -2.26. The summed E-state index contributed by atoms with van der Waals surface area (Å²) in [5.41, 5.74) is -2.15. The predicted molar refractivity (Wildman–Crippen MR) is 36.3 cm³/mol. The zero-order valence-electron chi connectivity index (χ0n) is 6.70. The summed E-state index contributed by atoms with van der Waals surface area (Å²) in [6.07, 6.45) is -2.06. The van der Waals surface area contributed by atoms with Crippen LogP contribution in [0, 0.1) is 0 Å². The minimum atomic E-state index is -4.35. The fraction of sp³-hybridized carbons (Fsp3) is 0.714. The molecule has 0 aromatic heterocycles. The second kappa shape index (κ2) is 3.26. The maximum atomic E-state index is 12.1. The Morgan fingerprint density at radius 1 is 1.27 bits per heavy atom. The van der Waals surface area contributed by atoms with Gasteiger partial charge in [-0.05, 0) is 19.9 Å². The smallest absolute Gasteiger partial charge is 0.365 e. The molecule has 0 fully saturated rings. The van der Waals surface area contributed by atoms with E-state index < -0.39 is 11.8 Å². The summed E-state index contributed by atoms with van der Waals surface area (Å²) in [6.45, 7) is 2.50. The van der Waals surface area contributed by atoms with Crippen LogP contribution in [0.4, 0.5) is 13.2 Å². The van der Waals surface area contributed by atoms with Crippen LogP contribution < -0.4 is 0 Å². The van der Waals surface area contributed by atoms with Gasteiger partial charge >= 0.3 is 6.18 Å². The SMILES string of the molecule is C/C=C\C(C)(OC)C(F)(F)F. The van der Waals surface area contributed by atoms with Crippen LogP contribution in [-0.2, 0) is 4.74 Å². The second-order valence-corrected chi connectivity index (χ2v) is 2.31. The van der Waals surface area contributed by atoms with Crippen LogP contribution in [0.5, 0.6) is 0 Å². The summed E-state index contributed by atoms with van der Waals surface area (Å²) in [7, 11) is 1.04. The highest BCUT2D eigenvalue weighted by Crippen LogP contribution is 2.33. The number of hydrogen-bond acceptors (Lipinski definition) is 1. The van der Waals surface area contributed by atoms with Gasteiger partial charge in [0, 0.05) is 7.11 Å². The van der Waals surface area contributed by atoms with Crippen molar-refractivity contribution in [2.24, 2.45) is 0 Å². The molecule has 0 radical (unpaired) electrons. The van der Waals surface area contributed by atoms with E-state index in [0.717, 1.165) is 20.1 Å². The zero-order valence-corrected chi connectivity index (χ0v) is 6.70. The number of rotatable bonds is 2. The molecule has 0 spiro atoms. The molecular weight excluding hydrogens is 157 g/mol. The maximum Gasteiger partial charge on any atom is 0.420 e. The molecule has 4 heteroatoms. The van der Waals surface area contributed by atoms with Crippen molar-refractivity contribution in [1.29, 1.82) is 0 Å². The van der Waals surface area contributed by atoms with Gasteiger partial charge in [-0.1, -0.05) is 6.08 Å². The van der Waals surface area contributed by atoms with Crippen molar-refractivity contribution >= 4 is 0 Å². The highest BCUT2D eigenvalue weighted by atomic mass is 19.4. The molecule has 0 aromatic carbocycles. The molecule has 1 atom stereocenters. The normalized spacial score (nSPS) is 18.7. The molecule has 0 amide bonds. The Balaban J connectivity index is 4.60. The Morgan fingerprint density at radius 3 is 1.82 bits per heavy atom. The van der Waals surface area contributed by atoms with E-state index in [9.17, 15) is 13.2 Å². The lowest BCUT2D eigenvalue weighted by Crippen LogP contribution is -2.42. The molecule has 0 aliphatic heterocycles. The zero-order chi connectivity index (χ0) is 9.12. The number of halogens is 3. The van der Waals surface area contributed by atoms with Crippen LogP contribution in [-0.4, -0.2) is 18.9 Å². The van der Waals surface area contributed by atoms with E-state index >= 15 is 0 Å². The van der Waals surface area contributed by atoms with Crippen molar-refractivity contribution in [1.82, 2.24) is 0 Å². The molecule has 0 aliphatic rings. The van der Waals surface area contributed by atoms with Gasteiger partial charge in [0.1, 0.15) is 0 Å². The highest BCUT2D eigenvalue weighted by Gasteiger charge is 2.49. The lowest BCUT2D eigenvalue weighted by molar-refractivity contribution is -0.242. The quantitative estimate of drug-likeness (QED) is 0.575. The van der Waals surface area contributed by atoms with E-state index in [-0.39, 0.29) is 0 Å². The highest BCUT2D eigenvalue weighted by molar-refractivity contribution is 5.02. The fourth-order valence-electron chi connectivity index (χ4n) is 0.596. The number of methoxy groups -OCH3 is 1. The summed E-state index contributed by atoms with van der Waals surface area (Å²) in [6, 6.07) is 0. The molecule has 0 saturated heterocycles. The van der Waals surface area contributed by atoms with Crippen molar-refractivity contribution in [2.45, 2.75) is 25.6 Å². The molecule has 0 heterocycles. The molecule has 0 aromatic rings. The van der Waals surface area contributed by atoms with Crippen molar-refractivity contribution < 1.29 is 17.9 Å².